The van der Waals surface area contributed by atoms with Gasteiger partial charge < -0.3 is 9.84 Å². The minimum absolute atomic E-state index is 0.301. The van der Waals surface area contributed by atoms with E-state index in [4.69, 9.17) is 4.74 Å². The van der Waals surface area contributed by atoms with Crippen LogP contribution in [0, 0.1) is 0 Å². The molecule has 0 aliphatic rings. The van der Waals surface area contributed by atoms with Gasteiger partial charge in [-0.3, -0.25) is 4.79 Å². The third kappa shape index (κ3) is 5.62. The third-order valence-electron chi connectivity index (χ3n) is 6.10. The summed E-state index contributed by atoms with van der Waals surface area (Å²) in [6, 6.07) is 38.6. The first-order valence-electron chi connectivity index (χ1n) is 11.8. The Labute approximate surface area is 201 Å². The molecule has 3 nitrogen and oxygen atoms in total. The summed E-state index contributed by atoms with van der Waals surface area (Å²) in [7, 11) is 0. The molecule has 34 heavy (non-hydrogen) atoms. The zero-order valence-electron chi connectivity index (χ0n) is 19.2. The molecule has 0 unspecified atom stereocenters. The van der Waals surface area contributed by atoms with Crippen LogP contribution in [0.15, 0.2) is 121 Å². The van der Waals surface area contributed by atoms with E-state index in [1.807, 2.05) is 109 Å². The molecule has 4 rings (SSSR count). The zero-order chi connectivity index (χ0) is 23.6. The van der Waals surface area contributed by atoms with E-state index >= 15 is 0 Å². The fourth-order valence-electron chi connectivity index (χ4n) is 4.31. The molecular weight excluding hydrogens is 420 g/mol. The molecule has 0 aliphatic carbocycles. The van der Waals surface area contributed by atoms with Crippen molar-refractivity contribution >= 4 is 5.97 Å². The highest BCUT2D eigenvalue weighted by atomic mass is 16.6. The Kier molecular flexibility index (Phi) is 7.90. The molecule has 4 aromatic rings. The highest BCUT2D eigenvalue weighted by Gasteiger charge is 2.43. The normalized spacial score (nSPS) is 12.1. The maximum atomic E-state index is 13.0. The van der Waals surface area contributed by atoms with Gasteiger partial charge in [0, 0.05) is 6.42 Å². The summed E-state index contributed by atoms with van der Waals surface area (Å²) in [5.74, 6) is -0.313. The number of rotatable bonds is 10. The van der Waals surface area contributed by atoms with Crippen LogP contribution in [0.25, 0.3) is 0 Å². The van der Waals surface area contributed by atoms with Crippen LogP contribution in [0.5, 0.6) is 0 Å². The largest absolute Gasteiger partial charge is 0.454 e. The molecule has 0 bridgehead atoms. The Morgan fingerprint density at radius 2 is 1.15 bits per heavy atom. The predicted octanol–water partition coefficient (Wildman–Crippen LogP) is 6.62. The van der Waals surface area contributed by atoms with Gasteiger partial charge in [-0.1, -0.05) is 121 Å². The van der Waals surface area contributed by atoms with Gasteiger partial charge in [-0.2, -0.15) is 0 Å². The van der Waals surface area contributed by atoms with E-state index in [-0.39, 0.29) is 5.97 Å². The second-order valence-electron chi connectivity index (χ2n) is 8.47. The van der Waals surface area contributed by atoms with Crippen LogP contribution in [0.4, 0.5) is 0 Å². The number of hydrogen-bond donors (Lipinski definition) is 1. The molecule has 0 radical (unpaired) electrons. The molecule has 0 saturated heterocycles. The van der Waals surface area contributed by atoms with E-state index in [2.05, 4.69) is 12.1 Å². The molecule has 0 fully saturated rings. The Bertz CT molecular complexity index is 1100. The minimum Gasteiger partial charge on any atom is -0.454 e. The lowest BCUT2D eigenvalue weighted by Crippen LogP contribution is -2.37. The SMILES string of the molecule is O=C(CCCCc1ccccc1)O[C@H](c1ccccc1)C(O)(c1ccccc1)c1ccccc1. The van der Waals surface area contributed by atoms with Crippen LogP contribution in [0.2, 0.25) is 0 Å². The summed E-state index contributed by atoms with van der Waals surface area (Å²) in [5.41, 5.74) is 1.82. The van der Waals surface area contributed by atoms with E-state index in [1.165, 1.54) is 5.56 Å². The molecular formula is C31H30O3. The molecule has 0 saturated carbocycles. The van der Waals surface area contributed by atoms with Crippen molar-refractivity contribution in [1.82, 2.24) is 0 Å². The van der Waals surface area contributed by atoms with Crippen molar-refractivity contribution in [2.24, 2.45) is 0 Å². The van der Waals surface area contributed by atoms with Crippen molar-refractivity contribution in [2.45, 2.75) is 37.4 Å². The number of aliphatic hydroxyl groups is 1. The first-order chi connectivity index (χ1) is 16.7. The molecule has 0 aromatic heterocycles. The summed E-state index contributed by atoms with van der Waals surface area (Å²) in [6.45, 7) is 0. The quantitative estimate of drug-likeness (QED) is 0.218. The maximum Gasteiger partial charge on any atom is 0.306 e. The molecule has 1 N–H and O–H groups in total. The average Bonchev–Trinajstić information content (AvgIpc) is 2.91. The number of benzene rings is 4. The number of hydrogen-bond acceptors (Lipinski definition) is 3. The van der Waals surface area contributed by atoms with Crippen LogP contribution in [0.1, 0.15) is 47.6 Å². The summed E-state index contributed by atoms with van der Waals surface area (Å²) in [5, 5.41) is 12.3. The molecule has 0 spiro atoms. The van der Waals surface area contributed by atoms with E-state index in [0.717, 1.165) is 24.8 Å². The molecule has 3 heteroatoms. The van der Waals surface area contributed by atoms with Crippen LogP contribution in [-0.4, -0.2) is 11.1 Å². The van der Waals surface area contributed by atoms with E-state index in [9.17, 15) is 9.90 Å². The third-order valence-corrected chi connectivity index (χ3v) is 6.10. The van der Waals surface area contributed by atoms with Crippen molar-refractivity contribution in [3.63, 3.8) is 0 Å². The predicted molar refractivity (Wildman–Crippen MR) is 135 cm³/mol. The minimum atomic E-state index is -1.54. The number of carbonyl (C=O) groups is 1. The van der Waals surface area contributed by atoms with Crippen LogP contribution in [0.3, 0.4) is 0 Å². The van der Waals surface area contributed by atoms with Crippen molar-refractivity contribution in [2.75, 3.05) is 0 Å². The molecule has 0 aliphatic heterocycles. The van der Waals surface area contributed by atoms with Crippen molar-refractivity contribution in [1.29, 1.82) is 0 Å². The van der Waals surface area contributed by atoms with E-state index < -0.39 is 11.7 Å². The molecule has 0 amide bonds. The fourth-order valence-corrected chi connectivity index (χ4v) is 4.31. The number of unbranched alkanes of at least 4 members (excludes halogenated alkanes) is 1. The van der Waals surface area contributed by atoms with Crippen LogP contribution in [-0.2, 0) is 21.6 Å². The first-order valence-corrected chi connectivity index (χ1v) is 11.8. The number of esters is 1. The van der Waals surface area contributed by atoms with Gasteiger partial charge in [-0.05, 0) is 41.5 Å². The monoisotopic (exact) mass is 450 g/mol. The lowest BCUT2D eigenvalue weighted by molar-refractivity contribution is -0.163. The first kappa shape index (κ1) is 23.5. The highest BCUT2D eigenvalue weighted by Crippen LogP contribution is 2.43. The van der Waals surface area contributed by atoms with Gasteiger partial charge in [0.2, 0.25) is 0 Å². The Balaban J connectivity index is 1.58. The van der Waals surface area contributed by atoms with Crippen LogP contribution >= 0.6 is 0 Å². The van der Waals surface area contributed by atoms with Gasteiger partial charge in [0.15, 0.2) is 11.7 Å². The Morgan fingerprint density at radius 1 is 0.676 bits per heavy atom. The number of aryl methyl sites for hydroxylation is 1. The van der Waals surface area contributed by atoms with Crippen molar-refractivity contribution < 1.29 is 14.6 Å². The summed E-state index contributed by atoms with van der Waals surface area (Å²) in [4.78, 5) is 13.0. The molecule has 0 heterocycles. The summed E-state index contributed by atoms with van der Waals surface area (Å²) < 4.78 is 6.07. The number of carbonyl (C=O) groups excluding carboxylic acids is 1. The second-order valence-corrected chi connectivity index (χ2v) is 8.47. The Hall–Kier alpha value is -3.69. The number of ether oxygens (including phenoxy) is 1. The molecule has 172 valence electrons. The lowest BCUT2D eigenvalue weighted by Gasteiger charge is -2.37. The van der Waals surface area contributed by atoms with Crippen molar-refractivity contribution in [3.05, 3.63) is 144 Å². The summed E-state index contributed by atoms with van der Waals surface area (Å²) in [6.07, 6.45) is 1.96. The fraction of sp³-hybridized carbons (Fsp3) is 0.194. The van der Waals surface area contributed by atoms with E-state index in [0.29, 0.717) is 17.5 Å². The highest BCUT2D eigenvalue weighted by molar-refractivity contribution is 5.70. The average molecular weight is 451 g/mol. The Morgan fingerprint density at radius 3 is 1.68 bits per heavy atom. The van der Waals surface area contributed by atoms with Gasteiger partial charge in [-0.15, -0.1) is 0 Å². The zero-order valence-corrected chi connectivity index (χ0v) is 19.2. The maximum absolute atomic E-state index is 13.0. The van der Waals surface area contributed by atoms with Crippen molar-refractivity contribution in [3.8, 4) is 0 Å². The molecule has 4 aromatic carbocycles. The van der Waals surface area contributed by atoms with Gasteiger partial charge >= 0.3 is 5.97 Å². The van der Waals surface area contributed by atoms with Gasteiger partial charge in [-0.25, -0.2) is 0 Å². The lowest BCUT2D eigenvalue weighted by atomic mass is 9.79. The second kappa shape index (κ2) is 11.4. The smallest absolute Gasteiger partial charge is 0.306 e. The van der Waals surface area contributed by atoms with Gasteiger partial charge in [0.25, 0.3) is 0 Å². The van der Waals surface area contributed by atoms with Gasteiger partial charge in [0.05, 0.1) is 0 Å². The standard InChI is InChI=1S/C31H30O3/c32-29(24-14-13-17-25-15-5-1-6-16-25)34-30(26-18-7-2-8-19-26)31(33,27-20-9-3-10-21-27)28-22-11-4-12-23-28/h1-12,15-16,18-23,30,33H,13-14,17,24H2/t30-/m1/s1. The molecule has 1 atom stereocenters. The topological polar surface area (TPSA) is 46.5 Å². The van der Waals surface area contributed by atoms with Gasteiger partial charge in [0.1, 0.15) is 0 Å². The van der Waals surface area contributed by atoms with Crippen LogP contribution < -0.4 is 0 Å². The summed E-state index contributed by atoms with van der Waals surface area (Å²) >= 11 is 0. The van der Waals surface area contributed by atoms with E-state index in [1.54, 1.807) is 0 Å².